The maximum Gasteiger partial charge on any atom is 0.168 e. The predicted octanol–water partition coefficient (Wildman–Crippen LogP) is 3.26. The van der Waals surface area contributed by atoms with E-state index in [0.29, 0.717) is 5.41 Å². The van der Waals surface area contributed by atoms with E-state index in [1.54, 1.807) is 0 Å². The number of ether oxygens (including phenoxy) is 2. The van der Waals surface area contributed by atoms with E-state index in [9.17, 15) is 0 Å². The Morgan fingerprint density at radius 2 is 1.47 bits per heavy atom. The van der Waals surface area contributed by atoms with Gasteiger partial charge in [0.15, 0.2) is 5.79 Å². The first kappa shape index (κ1) is 11.2. The van der Waals surface area contributed by atoms with Crippen LogP contribution in [0.3, 0.4) is 0 Å². The van der Waals surface area contributed by atoms with E-state index < -0.39 is 0 Å². The lowest BCUT2D eigenvalue weighted by Crippen LogP contribution is -2.40. The van der Waals surface area contributed by atoms with Crippen LogP contribution < -0.4 is 0 Å². The van der Waals surface area contributed by atoms with E-state index in [1.807, 2.05) is 0 Å². The molecule has 17 heavy (non-hydrogen) atoms. The van der Waals surface area contributed by atoms with Gasteiger partial charge in [-0.05, 0) is 23.8 Å². The van der Waals surface area contributed by atoms with Gasteiger partial charge in [0.05, 0.1) is 13.2 Å². The Bertz CT molecular complexity index is 369. The average molecular weight is 232 g/mol. The topological polar surface area (TPSA) is 18.5 Å². The number of hydrogen-bond acceptors (Lipinski definition) is 2. The molecule has 1 saturated heterocycles. The Labute approximate surface area is 103 Å². The van der Waals surface area contributed by atoms with E-state index in [4.69, 9.17) is 9.47 Å². The maximum absolute atomic E-state index is 5.79. The monoisotopic (exact) mass is 232 g/mol. The molecule has 0 unspecified atom stereocenters. The van der Waals surface area contributed by atoms with Crippen LogP contribution in [0.4, 0.5) is 0 Å². The summed E-state index contributed by atoms with van der Waals surface area (Å²) in [6, 6.07) is 10.8. The Balaban J connectivity index is 1.75. The predicted molar refractivity (Wildman–Crippen MR) is 66.9 cm³/mol. The molecule has 2 nitrogen and oxygen atoms in total. The summed E-state index contributed by atoms with van der Waals surface area (Å²) in [5.74, 6) is -0.242. The minimum atomic E-state index is -0.242. The van der Waals surface area contributed by atoms with Crippen molar-refractivity contribution in [2.75, 3.05) is 13.2 Å². The molecule has 1 aliphatic carbocycles. The number of rotatable bonds is 1. The van der Waals surface area contributed by atoms with Crippen molar-refractivity contribution >= 4 is 0 Å². The zero-order valence-corrected chi connectivity index (χ0v) is 10.4. The molecular formula is C15H20O2. The number of hydrogen-bond donors (Lipinski definition) is 0. The lowest BCUT2D eigenvalue weighted by Gasteiger charge is -2.42. The van der Waals surface area contributed by atoms with E-state index in [-0.39, 0.29) is 5.79 Å². The first-order chi connectivity index (χ1) is 8.23. The van der Waals surface area contributed by atoms with Crippen molar-refractivity contribution in [3.05, 3.63) is 35.9 Å². The molecular weight excluding hydrogens is 212 g/mol. The van der Waals surface area contributed by atoms with Crippen LogP contribution in [0.25, 0.3) is 0 Å². The van der Waals surface area contributed by atoms with Gasteiger partial charge in [-0.1, -0.05) is 37.3 Å². The highest BCUT2D eigenvalue weighted by molar-refractivity contribution is 5.25. The number of benzene rings is 1. The van der Waals surface area contributed by atoms with Crippen LogP contribution in [0.1, 0.15) is 38.2 Å². The minimum Gasteiger partial charge on any atom is -0.348 e. The van der Waals surface area contributed by atoms with Crippen molar-refractivity contribution in [1.29, 1.82) is 0 Å². The van der Waals surface area contributed by atoms with Crippen molar-refractivity contribution in [1.82, 2.24) is 0 Å². The zero-order chi connectivity index (χ0) is 11.8. The lowest BCUT2D eigenvalue weighted by molar-refractivity contribution is -0.184. The largest absolute Gasteiger partial charge is 0.348 e. The maximum atomic E-state index is 5.79. The highest BCUT2D eigenvalue weighted by Crippen LogP contribution is 2.45. The Morgan fingerprint density at radius 3 is 2.06 bits per heavy atom. The Hall–Kier alpha value is -0.860. The summed E-state index contributed by atoms with van der Waals surface area (Å²) >= 11 is 0. The Kier molecular flexibility index (Phi) is 2.72. The normalized spacial score (nSPS) is 26.2. The van der Waals surface area contributed by atoms with Gasteiger partial charge in [-0.15, -0.1) is 0 Å². The summed E-state index contributed by atoms with van der Waals surface area (Å²) in [6.07, 6.45) is 4.35. The first-order valence-electron chi connectivity index (χ1n) is 6.56. The average Bonchev–Trinajstić information content (AvgIpc) is 2.84. The summed E-state index contributed by atoms with van der Waals surface area (Å²) < 4.78 is 11.6. The molecule has 0 radical (unpaired) electrons. The SMILES string of the molecule is CC1(c2ccccc2)CCC2(CC1)OCCO2. The highest BCUT2D eigenvalue weighted by Gasteiger charge is 2.44. The fraction of sp³-hybridized carbons (Fsp3) is 0.600. The molecule has 3 rings (SSSR count). The van der Waals surface area contributed by atoms with Gasteiger partial charge in [0.25, 0.3) is 0 Å². The van der Waals surface area contributed by atoms with Crippen molar-refractivity contribution in [2.24, 2.45) is 0 Å². The third kappa shape index (κ3) is 2.00. The summed E-state index contributed by atoms with van der Waals surface area (Å²) in [4.78, 5) is 0. The van der Waals surface area contributed by atoms with E-state index in [0.717, 1.165) is 38.9 Å². The van der Waals surface area contributed by atoms with Crippen LogP contribution in [-0.4, -0.2) is 19.0 Å². The lowest BCUT2D eigenvalue weighted by atomic mass is 9.69. The van der Waals surface area contributed by atoms with E-state index >= 15 is 0 Å². The summed E-state index contributed by atoms with van der Waals surface area (Å²) in [5, 5.41) is 0. The van der Waals surface area contributed by atoms with Crippen LogP contribution in [-0.2, 0) is 14.9 Å². The third-order valence-electron chi connectivity index (χ3n) is 4.40. The fourth-order valence-corrected chi connectivity index (χ4v) is 3.10. The standard InChI is InChI=1S/C15H20O2/c1-14(13-5-3-2-4-6-13)7-9-15(10-8-14)16-11-12-17-15/h2-6H,7-12H2,1H3. The molecule has 1 heterocycles. The molecule has 1 aromatic carbocycles. The van der Waals surface area contributed by atoms with Crippen molar-refractivity contribution in [3.8, 4) is 0 Å². The molecule has 1 aromatic rings. The van der Waals surface area contributed by atoms with Gasteiger partial charge in [-0.2, -0.15) is 0 Å². The summed E-state index contributed by atoms with van der Waals surface area (Å²) in [7, 11) is 0. The molecule has 92 valence electrons. The molecule has 0 atom stereocenters. The zero-order valence-electron chi connectivity index (χ0n) is 10.4. The summed E-state index contributed by atoms with van der Waals surface area (Å²) in [5.41, 5.74) is 1.75. The van der Waals surface area contributed by atoms with Crippen LogP contribution in [0, 0.1) is 0 Å². The van der Waals surface area contributed by atoms with E-state index in [2.05, 4.69) is 37.3 Å². The van der Waals surface area contributed by atoms with Crippen LogP contribution in [0.5, 0.6) is 0 Å². The first-order valence-corrected chi connectivity index (χ1v) is 6.56. The van der Waals surface area contributed by atoms with Gasteiger partial charge in [-0.25, -0.2) is 0 Å². The van der Waals surface area contributed by atoms with Gasteiger partial charge < -0.3 is 9.47 Å². The molecule has 2 aliphatic rings. The molecule has 1 aliphatic heterocycles. The van der Waals surface area contributed by atoms with Gasteiger partial charge in [0.1, 0.15) is 0 Å². The van der Waals surface area contributed by atoms with Crippen LogP contribution >= 0.6 is 0 Å². The van der Waals surface area contributed by atoms with Gasteiger partial charge in [-0.3, -0.25) is 0 Å². The van der Waals surface area contributed by atoms with Crippen molar-refractivity contribution in [3.63, 3.8) is 0 Å². The minimum absolute atomic E-state index is 0.242. The highest BCUT2D eigenvalue weighted by atomic mass is 16.7. The molecule has 1 saturated carbocycles. The molecule has 0 N–H and O–H groups in total. The summed E-state index contributed by atoms with van der Waals surface area (Å²) in [6.45, 7) is 3.90. The van der Waals surface area contributed by atoms with Crippen molar-refractivity contribution < 1.29 is 9.47 Å². The second kappa shape index (κ2) is 4.11. The second-order valence-electron chi connectivity index (χ2n) is 5.53. The van der Waals surface area contributed by atoms with Gasteiger partial charge in [0, 0.05) is 12.8 Å². The fourth-order valence-electron chi connectivity index (χ4n) is 3.10. The quantitative estimate of drug-likeness (QED) is 0.740. The molecule has 1 spiro atoms. The molecule has 0 bridgehead atoms. The van der Waals surface area contributed by atoms with Gasteiger partial charge >= 0.3 is 0 Å². The smallest absolute Gasteiger partial charge is 0.168 e. The Morgan fingerprint density at radius 1 is 0.882 bits per heavy atom. The van der Waals surface area contributed by atoms with Gasteiger partial charge in [0.2, 0.25) is 0 Å². The van der Waals surface area contributed by atoms with Crippen LogP contribution in [0.15, 0.2) is 30.3 Å². The molecule has 2 fully saturated rings. The molecule has 0 aromatic heterocycles. The molecule has 0 amide bonds. The molecule has 2 heteroatoms. The third-order valence-corrected chi connectivity index (χ3v) is 4.40. The second-order valence-corrected chi connectivity index (χ2v) is 5.53. The van der Waals surface area contributed by atoms with Crippen molar-refractivity contribution in [2.45, 2.75) is 43.8 Å². The van der Waals surface area contributed by atoms with Crippen LogP contribution in [0.2, 0.25) is 0 Å². The van der Waals surface area contributed by atoms with E-state index in [1.165, 1.54) is 5.56 Å².